The summed E-state index contributed by atoms with van der Waals surface area (Å²) >= 11 is 1.58. The maximum atomic E-state index is 12.8. The largest absolute Gasteiger partial charge is 0.339 e. The summed E-state index contributed by atoms with van der Waals surface area (Å²) < 4.78 is 7.25. The Kier molecular flexibility index (Phi) is 4.81. The van der Waals surface area contributed by atoms with Gasteiger partial charge in [-0.3, -0.25) is 4.79 Å². The molecule has 1 aliphatic rings. The van der Waals surface area contributed by atoms with Crippen molar-refractivity contribution in [1.29, 1.82) is 0 Å². The Hall–Kier alpha value is -2.52. The topological polar surface area (TPSA) is 89.1 Å². The zero-order valence-corrected chi connectivity index (χ0v) is 15.3. The molecule has 0 spiro atoms. The average molecular weight is 372 g/mol. The molecule has 1 atom stereocenters. The molecule has 0 aliphatic carbocycles. The van der Waals surface area contributed by atoms with Crippen LogP contribution in [-0.2, 0) is 18.3 Å². The maximum Gasteiger partial charge on any atom is 0.227 e. The van der Waals surface area contributed by atoms with E-state index in [2.05, 4.69) is 20.4 Å². The van der Waals surface area contributed by atoms with Gasteiger partial charge in [0.2, 0.25) is 17.6 Å². The lowest BCUT2D eigenvalue weighted by Gasteiger charge is -2.35. The number of rotatable bonds is 5. The molecular formula is C17H20N6O2S. The van der Waals surface area contributed by atoms with Crippen LogP contribution in [0.5, 0.6) is 0 Å². The number of hydrogen-bond acceptors (Lipinski definition) is 7. The van der Waals surface area contributed by atoms with Gasteiger partial charge in [-0.15, -0.1) is 0 Å². The Labute approximate surface area is 154 Å². The molecule has 0 radical (unpaired) electrons. The molecule has 4 heterocycles. The van der Waals surface area contributed by atoms with E-state index in [1.54, 1.807) is 17.5 Å². The summed E-state index contributed by atoms with van der Waals surface area (Å²) in [6.45, 7) is 2.16. The molecule has 4 rings (SSSR count). The molecule has 136 valence electrons. The van der Waals surface area contributed by atoms with E-state index in [0.29, 0.717) is 37.6 Å². The first-order chi connectivity index (χ1) is 12.7. The van der Waals surface area contributed by atoms with Crippen LogP contribution in [0.15, 0.2) is 33.7 Å². The monoisotopic (exact) mass is 372 g/mol. The summed E-state index contributed by atoms with van der Waals surface area (Å²) in [5.74, 6) is 2.03. The molecule has 1 aliphatic heterocycles. The Balaban J connectivity index is 1.41. The molecule has 0 aromatic carbocycles. The summed E-state index contributed by atoms with van der Waals surface area (Å²) in [4.78, 5) is 23.5. The van der Waals surface area contributed by atoms with Crippen LogP contribution >= 0.6 is 11.3 Å². The highest BCUT2D eigenvalue weighted by molar-refractivity contribution is 7.08. The van der Waals surface area contributed by atoms with Crippen molar-refractivity contribution in [2.24, 2.45) is 7.05 Å². The average Bonchev–Trinajstić information content (AvgIpc) is 3.41. The van der Waals surface area contributed by atoms with Crippen molar-refractivity contribution in [3.05, 3.63) is 40.9 Å². The minimum absolute atomic E-state index is 0.0553. The second kappa shape index (κ2) is 7.38. The molecule has 3 aromatic heterocycles. The summed E-state index contributed by atoms with van der Waals surface area (Å²) in [7, 11) is 1.95. The molecule has 26 heavy (non-hydrogen) atoms. The van der Waals surface area contributed by atoms with Crippen molar-refractivity contribution < 1.29 is 9.32 Å². The fourth-order valence-corrected chi connectivity index (χ4v) is 3.79. The number of nitrogens with zero attached hydrogens (tertiary/aromatic N) is 5. The Morgan fingerprint density at radius 2 is 2.42 bits per heavy atom. The zero-order valence-electron chi connectivity index (χ0n) is 14.5. The van der Waals surface area contributed by atoms with Crippen molar-refractivity contribution >= 4 is 17.2 Å². The molecular weight excluding hydrogens is 352 g/mol. The normalized spacial score (nSPS) is 17.6. The molecule has 9 heteroatoms. The van der Waals surface area contributed by atoms with Crippen LogP contribution < -0.4 is 5.32 Å². The number of nitrogens with one attached hydrogen (secondary N) is 1. The second-order valence-corrected chi connectivity index (χ2v) is 7.01. The summed E-state index contributed by atoms with van der Waals surface area (Å²) in [6.07, 6.45) is 4.44. The number of imidazole rings is 1. The standard InChI is InChI=1S/C17H20N6O2S/c1-22-7-6-19-17(22)13-10-18-5-8-23(13)15(24)3-2-14-20-16(21-25-14)12-4-9-26-11-12/h4,6-7,9,11,13,18H,2-3,5,8,10H2,1H3. The van der Waals surface area contributed by atoms with E-state index >= 15 is 0 Å². The quantitative estimate of drug-likeness (QED) is 0.732. The van der Waals surface area contributed by atoms with Crippen LogP contribution in [0.25, 0.3) is 11.4 Å². The van der Waals surface area contributed by atoms with Gasteiger partial charge in [0.1, 0.15) is 11.9 Å². The molecule has 0 saturated carbocycles. The minimum Gasteiger partial charge on any atom is -0.339 e. The predicted octanol–water partition coefficient (Wildman–Crippen LogP) is 1.64. The van der Waals surface area contributed by atoms with Gasteiger partial charge in [-0.2, -0.15) is 16.3 Å². The van der Waals surface area contributed by atoms with Crippen LogP contribution in [0.1, 0.15) is 24.2 Å². The van der Waals surface area contributed by atoms with E-state index < -0.39 is 0 Å². The zero-order chi connectivity index (χ0) is 17.9. The molecule has 1 saturated heterocycles. The summed E-state index contributed by atoms with van der Waals surface area (Å²) in [5.41, 5.74) is 0.938. The molecule has 1 N–H and O–H groups in total. The van der Waals surface area contributed by atoms with Gasteiger partial charge in [0.15, 0.2) is 0 Å². The molecule has 3 aromatic rings. The molecule has 0 bridgehead atoms. The fraction of sp³-hybridized carbons (Fsp3) is 0.412. The number of aryl methyl sites for hydroxylation is 2. The van der Waals surface area contributed by atoms with Gasteiger partial charge in [0, 0.05) is 62.9 Å². The highest BCUT2D eigenvalue weighted by atomic mass is 32.1. The van der Waals surface area contributed by atoms with Crippen LogP contribution in [0.2, 0.25) is 0 Å². The van der Waals surface area contributed by atoms with Crippen LogP contribution in [0.3, 0.4) is 0 Å². The van der Waals surface area contributed by atoms with E-state index in [4.69, 9.17) is 4.52 Å². The number of thiophene rings is 1. The van der Waals surface area contributed by atoms with Gasteiger partial charge >= 0.3 is 0 Å². The lowest BCUT2D eigenvalue weighted by Crippen LogP contribution is -2.49. The third-order valence-electron chi connectivity index (χ3n) is 4.52. The second-order valence-electron chi connectivity index (χ2n) is 6.23. The van der Waals surface area contributed by atoms with Gasteiger partial charge in [0.25, 0.3) is 0 Å². The first-order valence-corrected chi connectivity index (χ1v) is 9.49. The van der Waals surface area contributed by atoms with Gasteiger partial charge < -0.3 is 19.3 Å². The molecule has 1 fully saturated rings. The highest BCUT2D eigenvalue weighted by Gasteiger charge is 2.30. The first-order valence-electron chi connectivity index (χ1n) is 8.55. The van der Waals surface area contributed by atoms with E-state index in [-0.39, 0.29) is 11.9 Å². The lowest BCUT2D eigenvalue weighted by atomic mass is 10.1. The van der Waals surface area contributed by atoms with E-state index in [1.165, 1.54) is 0 Å². The smallest absolute Gasteiger partial charge is 0.227 e. The molecule has 8 nitrogen and oxygen atoms in total. The number of carbonyl (C=O) groups is 1. The number of piperazine rings is 1. The maximum absolute atomic E-state index is 12.8. The third-order valence-corrected chi connectivity index (χ3v) is 5.20. The van der Waals surface area contributed by atoms with E-state index in [1.807, 2.05) is 39.5 Å². The minimum atomic E-state index is -0.0553. The lowest BCUT2D eigenvalue weighted by molar-refractivity contribution is -0.134. The van der Waals surface area contributed by atoms with Crippen LogP contribution in [-0.4, -0.2) is 50.1 Å². The Morgan fingerprint density at radius 1 is 1.50 bits per heavy atom. The summed E-state index contributed by atoms with van der Waals surface area (Å²) in [5, 5.41) is 11.3. The van der Waals surface area contributed by atoms with Crippen LogP contribution in [0, 0.1) is 0 Å². The van der Waals surface area contributed by atoms with Crippen molar-refractivity contribution in [1.82, 2.24) is 29.9 Å². The van der Waals surface area contributed by atoms with E-state index in [0.717, 1.165) is 17.9 Å². The fourth-order valence-electron chi connectivity index (χ4n) is 3.15. The Bertz CT molecular complexity index is 872. The SMILES string of the molecule is Cn1ccnc1C1CNCCN1C(=O)CCc1nc(-c2ccsc2)no1. The van der Waals surface area contributed by atoms with Crippen molar-refractivity contribution in [3.63, 3.8) is 0 Å². The van der Waals surface area contributed by atoms with Crippen LogP contribution in [0.4, 0.5) is 0 Å². The Morgan fingerprint density at radius 3 is 3.19 bits per heavy atom. The van der Waals surface area contributed by atoms with Gasteiger partial charge in [0.05, 0.1) is 0 Å². The summed E-state index contributed by atoms with van der Waals surface area (Å²) in [6, 6.07) is 1.89. The van der Waals surface area contributed by atoms with Gasteiger partial charge in [-0.25, -0.2) is 4.98 Å². The number of amides is 1. The predicted molar refractivity (Wildman–Crippen MR) is 96.5 cm³/mol. The number of hydrogen-bond donors (Lipinski definition) is 1. The van der Waals surface area contributed by atoms with Gasteiger partial charge in [-0.1, -0.05) is 5.16 Å². The highest BCUT2D eigenvalue weighted by Crippen LogP contribution is 2.22. The van der Waals surface area contributed by atoms with Crippen molar-refractivity contribution in [2.45, 2.75) is 18.9 Å². The number of aromatic nitrogens is 4. The number of carbonyl (C=O) groups excluding carboxylic acids is 1. The molecule has 1 unspecified atom stereocenters. The first kappa shape index (κ1) is 16.9. The molecule has 1 amide bonds. The van der Waals surface area contributed by atoms with Crippen molar-refractivity contribution in [2.75, 3.05) is 19.6 Å². The van der Waals surface area contributed by atoms with Crippen molar-refractivity contribution in [3.8, 4) is 11.4 Å². The van der Waals surface area contributed by atoms with E-state index in [9.17, 15) is 4.79 Å². The van der Waals surface area contributed by atoms with Gasteiger partial charge in [-0.05, 0) is 11.4 Å². The third kappa shape index (κ3) is 3.40.